The van der Waals surface area contributed by atoms with E-state index >= 15 is 0 Å². The summed E-state index contributed by atoms with van der Waals surface area (Å²) >= 11 is 11.9. The molecule has 5 heteroatoms. The predicted molar refractivity (Wildman–Crippen MR) is 59.7 cm³/mol. The molecule has 78 valence electrons. The lowest BCUT2D eigenvalue weighted by molar-refractivity contribution is -0.136. The lowest BCUT2D eigenvalue weighted by Crippen LogP contribution is -1.99. The molecule has 3 nitrogen and oxygen atoms in total. The molecule has 1 aromatic heterocycles. The van der Waals surface area contributed by atoms with E-state index in [1.807, 2.05) is 0 Å². The van der Waals surface area contributed by atoms with Crippen LogP contribution in [0.3, 0.4) is 0 Å². The number of rotatable bonds is 2. The maximum atomic E-state index is 10.7. The monoisotopic (exact) mass is 243 g/mol. The summed E-state index contributed by atoms with van der Waals surface area (Å²) in [7, 11) is 0. The summed E-state index contributed by atoms with van der Waals surface area (Å²) in [5.74, 6) is -0.933. The van der Waals surface area contributed by atoms with Crippen molar-refractivity contribution < 1.29 is 9.90 Å². The Morgan fingerprint density at radius 3 is 2.80 bits per heavy atom. The minimum absolute atomic E-state index is 0.136. The van der Waals surface area contributed by atoms with Crippen molar-refractivity contribution >= 4 is 40.1 Å². The second kappa shape index (κ2) is 3.76. The van der Waals surface area contributed by atoms with Crippen LogP contribution in [0.1, 0.15) is 5.56 Å². The third-order valence-corrected chi connectivity index (χ3v) is 2.79. The lowest BCUT2D eigenvalue weighted by Gasteiger charge is -1.97. The number of benzene rings is 1. The number of aliphatic carboxylic acids is 1. The van der Waals surface area contributed by atoms with Crippen LogP contribution in [0.15, 0.2) is 18.2 Å². The summed E-state index contributed by atoms with van der Waals surface area (Å²) in [6, 6.07) is 5.29. The molecule has 0 saturated carbocycles. The van der Waals surface area contributed by atoms with Gasteiger partial charge in [0.1, 0.15) is 5.15 Å². The molecule has 1 heterocycles. The van der Waals surface area contributed by atoms with Crippen LogP contribution in [-0.4, -0.2) is 16.1 Å². The zero-order valence-electron chi connectivity index (χ0n) is 7.55. The molecule has 0 unspecified atom stereocenters. The minimum atomic E-state index is -0.933. The van der Waals surface area contributed by atoms with Crippen molar-refractivity contribution in [1.29, 1.82) is 0 Å². The van der Waals surface area contributed by atoms with E-state index in [1.54, 1.807) is 18.2 Å². The quantitative estimate of drug-likeness (QED) is 0.852. The van der Waals surface area contributed by atoms with Gasteiger partial charge in [0.2, 0.25) is 0 Å². The van der Waals surface area contributed by atoms with E-state index in [0.717, 1.165) is 5.52 Å². The first kappa shape index (κ1) is 10.3. The summed E-state index contributed by atoms with van der Waals surface area (Å²) in [4.78, 5) is 13.5. The van der Waals surface area contributed by atoms with Gasteiger partial charge in [0, 0.05) is 16.5 Å². The Bertz CT molecular complexity index is 533. The molecule has 2 N–H and O–H groups in total. The van der Waals surface area contributed by atoms with Gasteiger partial charge in [-0.1, -0.05) is 29.3 Å². The summed E-state index contributed by atoms with van der Waals surface area (Å²) in [6.45, 7) is 0. The van der Waals surface area contributed by atoms with Crippen LogP contribution in [0.2, 0.25) is 10.2 Å². The van der Waals surface area contributed by atoms with Gasteiger partial charge in [0.05, 0.1) is 11.4 Å². The van der Waals surface area contributed by atoms with Crippen molar-refractivity contribution in [1.82, 2.24) is 4.98 Å². The first-order valence-electron chi connectivity index (χ1n) is 4.26. The number of halogens is 2. The average Bonchev–Trinajstić information content (AvgIpc) is 2.43. The number of fused-ring (bicyclic) bond motifs is 1. The van der Waals surface area contributed by atoms with Gasteiger partial charge in [-0.05, 0) is 12.1 Å². The Morgan fingerprint density at radius 2 is 2.13 bits per heavy atom. The third kappa shape index (κ3) is 1.80. The summed E-state index contributed by atoms with van der Waals surface area (Å²) in [5, 5.41) is 10.3. The van der Waals surface area contributed by atoms with E-state index in [4.69, 9.17) is 28.3 Å². The number of hydrogen-bond donors (Lipinski definition) is 2. The maximum absolute atomic E-state index is 10.7. The summed E-state index contributed by atoms with van der Waals surface area (Å²) < 4.78 is 0. The van der Waals surface area contributed by atoms with E-state index in [1.165, 1.54) is 0 Å². The van der Waals surface area contributed by atoms with Gasteiger partial charge >= 0.3 is 5.97 Å². The second-order valence-corrected chi connectivity index (χ2v) is 3.94. The van der Waals surface area contributed by atoms with Crippen LogP contribution in [0, 0.1) is 0 Å². The molecule has 1 aromatic carbocycles. The van der Waals surface area contributed by atoms with Crippen LogP contribution >= 0.6 is 23.2 Å². The zero-order chi connectivity index (χ0) is 11.0. The highest BCUT2D eigenvalue weighted by molar-refractivity contribution is 6.38. The van der Waals surface area contributed by atoms with Crippen LogP contribution in [0.25, 0.3) is 10.9 Å². The number of nitrogens with one attached hydrogen (secondary N) is 1. The summed E-state index contributed by atoms with van der Waals surface area (Å²) in [5.41, 5.74) is 1.29. The molecule has 0 aliphatic heterocycles. The Kier molecular flexibility index (Phi) is 2.59. The molecule has 0 bridgehead atoms. The molecular weight excluding hydrogens is 237 g/mol. The number of hydrogen-bond acceptors (Lipinski definition) is 1. The largest absolute Gasteiger partial charge is 0.481 e. The third-order valence-electron chi connectivity index (χ3n) is 2.15. The molecule has 0 amide bonds. The number of aromatic nitrogens is 1. The highest BCUT2D eigenvalue weighted by atomic mass is 35.5. The molecule has 15 heavy (non-hydrogen) atoms. The lowest BCUT2D eigenvalue weighted by atomic mass is 10.1. The van der Waals surface area contributed by atoms with Gasteiger partial charge in [-0.25, -0.2) is 0 Å². The van der Waals surface area contributed by atoms with Crippen molar-refractivity contribution in [3.05, 3.63) is 33.9 Å². The van der Waals surface area contributed by atoms with E-state index < -0.39 is 5.97 Å². The molecular formula is C10H7Cl2NO2. The van der Waals surface area contributed by atoms with Crippen molar-refractivity contribution in [2.75, 3.05) is 0 Å². The van der Waals surface area contributed by atoms with Gasteiger partial charge < -0.3 is 10.1 Å². The zero-order valence-corrected chi connectivity index (χ0v) is 9.06. The SMILES string of the molecule is O=C(O)Cc1c(Cl)[nH]c2cccc(Cl)c12. The number of aromatic amines is 1. The Balaban J connectivity index is 2.71. The van der Waals surface area contributed by atoms with E-state index in [-0.39, 0.29) is 6.42 Å². The predicted octanol–water partition coefficient (Wildman–Crippen LogP) is 3.10. The number of carboxylic acids is 1. The topological polar surface area (TPSA) is 53.1 Å². The van der Waals surface area contributed by atoms with Gasteiger partial charge in [-0.3, -0.25) is 4.79 Å². The average molecular weight is 244 g/mol. The fourth-order valence-corrected chi connectivity index (χ4v) is 2.11. The smallest absolute Gasteiger partial charge is 0.307 e. The standard InChI is InChI=1S/C10H7Cl2NO2/c11-6-2-1-3-7-9(6)5(4-8(14)15)10(12)13-7/h1-3,13H,4H2,(H,14,15). The van der Waals surface area contributed by atoms with E-state index in [0.29, 0.717) is 21.1 Å². The van der Waals surface area contributed by atoms with E-state index in [9.17, 15) is 4.79 Å². The van der Waals surface area contributed by atoms with Crippen molar-refractivity contribution in [2.24, 2.45) is 0 Å². The summed E-state index contributed by atoms with van der Waals surface area (Å²) in [6.07, 6.45) is -0.136. The first-order valence-corrected chi connectivity index (χ1v) is 5.01. The van der Waals surface area contributed by atoms with Crippen molar-refractivity contribution in [3.8, 4) is 0 Å². The number of carboxylic acid groups (broad SMARTS) is 1. The Labute approximate surface area is 95.6 Å². The fourth-order valence-electron chi connectivity index (χ4n) is 1.56. The van der Waals surface area contributed by atoms with Crippen molar-refractivity contribution in [3.63, 3.8) is 0 Å². The minimum Gasteiger partial charge on any atom is -0.481 e. The Morgan fingerprint density at radius 1 is 1.40 bits per heavy atom. The molecule has 2 rings (SSSR count). The van der Waals surface area contributed by atoms with Crippen LogP contribution < -0.4 is 0 Å². The second-order valence-electron chi connectivity index (χ2n) is 3.15. The fraction of sp³-hybridized carbons (Fsp3) is 0.100. The molecule has 2 aromatic rings. The van der Waals surface area contributed by atoms with Crippen molar-refractivity contribution in [2.45, 2.75) is 6.42 Å². The molecule has 0 aliphatic rings. The first-order chi connectivity index (χ1) is 7.09. The highest BCUT2D eigenvalue weighted by Crippen LogP contribution is 2.31. The molecule has 0 radical (unpaired) electrons. The van der Waals surface area contributed by atoms with Gasteiger partial charge in [0.15, 0.2) is 0 Å². The Hall–Kier alpha value is -1.19. The number of H-pyrrole nitrogens is 1. The van der Waals surface area contributed by atoms with Gasteiger partial charge in [0.25, 0.3) is 0 Å². The molecule has 0 spiro atoms. The maximum Gasteiger partial charge on any atom is 0.307 e. The van der Waals surface area contributed by atoms with Crippen LogP contribution in [0.4, 0.5) is 0 Å². The highest BCUT2D eigenvalue weighted by Gasteiger charge is 2.14. The van der Waals surface area contributed by atoms with Crippen LogP contribution in [-0.2, 0) is 11.2 Å². The molecule has 0 fully saturated rings. The van der Waals surface area contributed by atoms with Crippen LogP contribution in [0.5, 0.6) is 0 Å². The molecule has 0 saturated heterocycles. The number of carbonyl (C=O) groups is 1. The normalized spacial score (nSPS) is 10.8. The van der Waals surface area contributed by atoms with E-state index in [2.05, 4.69) is 4.98 Å². The van der Waals surface area contributed by atoms with Gasteiger partial charge in [-0.2, -0.15) is 0 Å². The van der Waals surface area contributed by atoms with Gasteiger partial charge in [-0.15, -0.1) is 0 Å². The molecule has 0 aliphatic carbocycles. The molecule has 0 atom stereocenters.